The zero-order chi connectivity index (χ0) is 14.7. The number of hydrazine groups is 1. The number of nitrogens with one attached hydrogen (secondary N) is 1. The molecule has 0 aromatic heterocycles. The second-order valence-corrected chi connectivity index (χ2v) is 5.43. The van der Waals surface area contributed by atoms with Crippen molar-refractivity contribution in [1.29, 1.82) is 0 Å². The largest absolute Gasteiger partial charge is 0.271 e. The number of nitrogens with two attached hydrogens (primary N) is 1. The lowest BCUT2D eigenvalue weighted by Gasteiger charge is -2.18. The molecule has 0 spiro atoms. The van der Waals surface area contributed by atoms with Crippen molar-refractivity contribution in [3.63, 3.8) is 0 Å². The van der Waals surface area contributed by atoms with Gasteiger partial charge >= 0.3 is 0 Å². The average Bonchev–Trinajstić information content (AvgIpc) is 2.43. The molecule has 0 bridgehead atoms. The Morgan fingerprint density at radius 1 is 1.20 bits per heavy atom. The Morgan fingerprint density at radius 3 is 2.60 bits per heavy atom. The van der Waals surface area contributed by atoms with Crippen molar-refractivity contribution >= 4 is 11.6 Å². The predicted octanol–water partition coefficient (Wildman–Crippen LogP) is 3.84. The Bertz CT molecular complexity index is 613. The van der Waals surface area contributed by atoms with Crippen LogP contribution in [0.25, 0.3) is 0 Å². The molecule has 0 aliphatic heterocycles. The first-order chi connectivity index (χ1) is 9.51. The average molecular weight is 293 g/mol. The summed E-state index contributed by atoms with van der Waals surface area (Å²) >= 11 is 5.71. The summed E-state index contributed by atoms with van der Waals surface area (Å²) in [5.74, 6) is 5.20. The van der Waals surface area contributed by atoms with Crippen LogP contribution >= 0.6 is 11.6 Å². The fraction of sp³-hybridized carbons (Fsp3) is 0.250. The molecule has 0 heterocycles. The van der Waals surface area contributed by atoms with Crippen molar-refractivity contribution in [2.24, 2.45) is 5.84 Å². The SMILES string of the molecule is Cc1ccc(C)c(CC(NN)c2ccc(Cl)c(F)c2)c1. The molecule has 0 aliphatic rings. The zero-order valence-corrected chi connectivity index (χ0v) is 12.3. The van der Waals surface area contributed by atoms with Crippen molar-refractivity contribution in [1.82, 2.24) is 5.43 Å². The molecule has 0 saturated carbocycles. The molecule has 1 unspecified atom stereocenters. The minimum atomic E-state index is -0.426. The van der Waals surface area contributed by atoms with Crippen LogP contribution < -0.4 is 11.3 Å². The highest BCUT2D eigenvalue weighted by Gasteiger charge is 2.14. The standard InChI is InChI=1S/C16H18ClFN2/c1-10-3-4-11(2)13(7-10)9-16(20-19)12-5-6-14(17)15(18)8-12/h3-8,16,20H,9,19H2,1-2H3. The maximum Gasteiger partial charge on any atom is 0.142 e. The molecule has 2 aromatic carbocycles. The van der Waals surface area contributed by atoms with Gasteiger partial charge in [0.25, 0.3) is 0 Å². The molecular formula is C16H18ClFN2. The predicted molar refractivity (Wildman–Crippen MR) is 81.1 cm³/mol. The summed E-state index contributed by atoms with van der Waals surface area (Å²) in [6.45, 7) is 4.11. The van der Waals surface area contributed by atoms with Crippen LogP contribution in [0.5, 0.6) is 0 Å². The van der Waals surface area contributed by atoms with Crippen LogP contribution in [0.4, 0.5) is 4.39 Å². The zero-order valence-electron chi connectivity index (χ0n) is 11.6. The van der Waals surface area contributed by atoms with Gasteiger partial charge in [0.1, 0.15) is 5.82 Å². The van der Waals surface area contributed by atoms with Crippen molar-refractivity contribution in [2.45, 2.75) is 26.3 Å². The van der Waals surface area contributed by atoms with Crippen LogP contribution in [0.1, 0.15) is 28.3 Å². The van der Waals surface area contributed by atoms with Gasteiger partial charge in [-0.25, -0.2) is 4.39 Å². The molecule has 0 saturated heterocycles. The van der Waals surface area contributed by atoms with Gasteiger partial charge in [-0.1, -0.05) is 41.4 Å². The molecule has 2 rings (SSSR count). The highest BCUT2D eigenvalue weighted by molar-refractivity contribution is 6.30. The van der Waals surface area contributed by atoms with Crippen molar-refractivity contribution in [2.75, 3.05) is 0 Å². The molecule has 4 heteroatoms. The fourth-order valence-corrected chi connectivity index (χ4v) is 2.36. The van der Waals surface area contributed by atoms with Gasteiger partial charge in [0, 0.05) is 0 Å². The van der Waals surface area contributed by atoms with Crippen LogP contribution in [-0.4, -0.2) is 0 Å². The second-order valence-electron chi connectivity index (χ2n) is 5.03. The minimum absolute atomic E-state index is 0.122. The quantitative estimate of drug-likeness (QED) is 0.664. The van der Waals surface area contributed by atoms with E-state index in [2.05, 4.69) is 37.5 Å². The molecule has 0 fully saturated rings. The van der Waals surface area contributed by atoms with E-state index in [0.717, 1.165) is 5.56 Å². The van der Waals surface area contributed by atoms with Crippen molar-refractivity contribution < 1.29 is 4.39 Å². The number of halogens is 2. The van der Waals surface area contributed by atoms with Gasteiger partial charge in [0.2, 0.25) is 0 Å². The van der Waals surface area contributed by atoms with E-state index in [-0.39, 0.29) is 11.1 Å². The van der Waals surface area contributed by atoms with E-state index in [9.17, 15) is 4.39 Å². The van der Waals surface area contributed by atoms with Gasteiger partial charge in [-0.15, -0.1) is 0 Å². The number of aryl methyl sites for hydroxylation is 2. The van der Waals surface area contributed by atoms with E-state index >= 15 is 0 Å². The minimum Gasteiger partial charge on any atom is -0.271 e. The third-order valence-corrected chi connectivity index (χ3v) is 3.78. The van der Waals surface area contributed by atoms with Gasteiger partial charge in [0.15, 0.2) is 0 Å². The summed E-state index contributed by atoms with van der Waals surface area (Å²) in [5, 5.41) is 0.122. The maximum atomic E-state index is 13.6. The molecule has 1 atom stereocenters. The van der Waals surface area contributed by atoms with Crippen LogP contribution in [0.2, 0.25) is 5.02 Å². The van der Waals surface area contributed by atoms with Crippen LogP contribution in [-0.2, 0) is 6.42 Å². The van der Waals surface area contributed by atoms with Gasteiger partial charge in [0.05, 0.1) is 11.1 Å². The fourth-order valence-electron chi connectivity index (χ4n) is 2.24. The number of hydrogen-bond acceptors (Lipinski definition) is 2. The van der Waals surface area contributed by atoms with E-state index in [1.807, 2.05) is 0 Å². The Kier molecular flexibility index (Phi) is 4.76. The lowest BCUT2D eigenvalue weighted by atomic mass is 9.95. The van der Waals surface area contributed by atoms with E-state index in [4.69, 9.17) is 17.4 Å². The van der Waals surface area contributed by atoms with Crippen molar-refractivity contribution in [3.05, 3.63) is 69.5 Å². The van der Waals surface area contributed by atoms with Crippen LogP contribution in [0, 0.1) is 19.7 Å². The first-order valence-corrected chi connectivity index (χ1v) is 6.86. The summed E-state index contributed by atoms with van der Waals surface area (Å²) in [6, 6.07) is 10.9. The van der Waals surface area contributed by atoms with Crippen LogP contribution in [0.15, 0.2) is 36.4 Å². The Balaban J connectivity index is 2.28. The molecule has 20 heavy (non-hydrogen) atoms. The Morgan fingerprint density at radius 2 is 1.95 bits per heavy atom. The van der Waals surface area contributed by atoms with E-state index in [1.165, 1.54) is 22.8 Å². The summed E-state index contributed by atoms with van der Waals surface area (Å²) in [6.07, 6.45) is 0.699. The smallest absolute Gasteiger partial charge is 0.142 e. The number of rotatable bonds is 4. The monoisotopic (exact) mass is 292 g/mol. The highest BCUT2D eigenvalue weighted by atomic mass is 35.5. The molecule has 2 aromatic rings. The van der Waals surface area contributed by atoms with Crippen molar-refractivity contribution in [3.8, 4) is 0 Å². The molecule has 0 amide bonds. The molecule has 0 radical (unpaired) electrons. The third-order valence-electron chi connectivity index (χ3n) is 3.48. The topological polar surface area (TPSA) is 38.0 Å². The first kappa shape index (κ1) is 15.0. The molecule has 106 valence electrons. The van der Waals surface area contributed by atoms with Crippen LogP contribution in [0.3, 0.4) is 0 Å². The van der Waals surface area contributed by atoms with Gasteiger partial charge < -0.3 is 0 Å². The summed E-state index contributed by atoms with van der Waals surface area (Å²) in [5.41, 5.74) is 7.13. The highest BCUT2D eigenvalue weighted by Crippen LogP contribution is 2.24. The Labute approximate surface area is 123 Å². The van der Waals surface area contributed by atoms with E-state index in [0.29, 0.717) is 6.42 Å². The lowest BCUT2D eigenvalue weighted by Crippen LogP contribution is -2.29. The maximum absolute atomic E-state index is 13.6. The normalized spacial score (nSPS) is 12.4. The summed E-state index contributed by atoms with van der Waals surface area (Å²) < 4.78 is 13.6. The molecule has 2 nitrogen and oxygen atoms in total. The van der Waals surface area contributed by atoms with Gasteiger partial charge in [-0.05, 0) is 49.1 Å². The lowest BCUT2D eigenvalue weighted by molar-refractivity contribution is 0.543. The van der Waals surface area contributed by atoms with Gasteiger partial charge in [-0.3, -0.25) is 11.3 Å². The molecular weight excluding hydrogens is 275 g/mol. The molecule has 0 aliphatic carbocycles. The van der Waals surface area contributed by atoms with E-state index < -0.39 is 5.82 Å². The number of hydrogen-bond donors (Lipinski definition) is 2. The summed E-state index contributed by atoms with van der Waals surface area (Å²) in [4.78, 5) is 0. The van der Waals surface area contributed by atoms with E-state index in [1.54, 1.807) is 12.1 Å². The second kappa shape index (κ2) is 6.35. The molecule has 3 N–H and O–H groups in total. The first-order valence-electron chi connectivity index (χ1n) is 6.48. The third kappa shape index (κ3) is 3.37. The van der Waals surface area contributed by atoms with Gasteiger partial charge in [-0.2, -0.15) is 0 Å². The number of benzene rings is 2. The Hall–Kier alpha value is -1.42. The summed E-state index contributed by atoms with van der Waals surface area (Å²) in [7, 11) is 0.